The van der Waals surface area contributed by atoms with Gasteiger partial charge in [-0.05, 0) is 62.4 Å². The molecule has 17 heavy (non-hydrogen) atoms. The first-order valence-corrected chi connectivity index (χ1v) is 6.32. The Bertz CT molecular complexity index is 562. The van der Waals surface area contributed by atoms with Gasteiger partial charge in [0.25, 0.3) is 0 Å². The topological polar surface area (TPSA) is 43.4 Å². The van der Waals surface area contributed by atoms with Gasteiger partial charge in [-0.3, -0.25) is 0 Å². The SMILES string of the molecule is Cc1c(C)c(C)c2c(C[C@@H](C)[NH3+])c[nH]c2c1C. The number of aromatic amines is 1. The molecule has 0 saturated carbocycles. The third-order valence-corrected chi connectivity index (χ3v) is 3.97. The molecule has 1 aromatic heterocycles. The number of aryl methyl sites for hydroxylation is 2. The van der Waals surface area contributed by atoms with Crippen molar-refractivity contribution < 1.29 is 5.73 Å². The van der Waals surface area contributed by atoms with Gasteiger partial charge in [-0.1, -0.05) is 0 Å². The van der Waals surface area contributed by atoms with Gasteiger partial charge in [-0.15, -0.1) is 0 Å². The highest BCUT2D eigenvalue weighted by molar-refractivity contribution is 5.91. The summed E-state index contributed by atoms with van der Waals surface area (Å²) in [7, 11) is 0. The third kappa shape index (κ3) is 1.87. The number of quaternary nitrogens is 1. The molecule has 92 valence electrons. The van der Waals surface area contributed by atoms with Crippen molar-refractivity contribution in [2.75, 3.05) is 0 Å². The van der Waals surface area contributed by atoms with Gasteiger partial charge in [0, 0.05) is 23.5 Å². The van der Waals surface area contributed by atoms with E-state index in [9.17, 15) is 0 Å². The quantitative estimate of drug-likeness (QED) is 0.798. The molecule has 0 bridgehead atoms. The van der Waals surface area contributed by atoms with Gasteiger partial charge in [-0.25, -0.2) is 0 Å². The second-order valence-corrected chi connectivity index (χ2v) is 5.37. The van der Waals surface area contributed by atoms with Gasteiger partial charge in [0.1, 0.15) is 0 Å². The molecule has 1 heterocycles. The molecule has 2 aromatic rings. The lowest BCUT2D eigenvalue weighted by Crippen LogP contribution is -2.60. The Hall–Kier alpha value is -1.28. The van der Waals surface area contributed by atoms with E-state index in [4.69, 9.17) is 0 Å². The minimum atomic E-state index is 0.454. The fourth-order valence-electron chi connectivity index (χ4n) is 2.66. The van der Waals surface area contributed by atoms with E-state index >= 15 is 0 Å². The minimum Gasteiger partial charge on any atom is -0.361 e. The molecule has 0 saturated heterocycles. The van der Waals surface area contributed by atoms with E-state index < -0.39 is 0 Å². The molecule has 0 aliphatic heterocycles. The highest BCUT2D eigenvalue weighted by Crippen LogP contribution is 2.31. The van der Waals surface area contributed by atoms with Gasteiger partial charge in [0.2, 0.25) is 0 Å². The molecule has 2 nitrogen and oxygen atoms in total. The summed E-state index contributed by atoms with van der Waals surface area (Å²) in [5.74, 6) is 0. The van der Waals surface area contributed by atoms with Crippen molar-refractivity contribution in [1.82, 2.24) is 4.98 Å². The number of fused-ring (bicyclic) bond motifs is 1. The number of H-pyrrole nitrogens is 1. The van der Waals surface area contributed by atoms with Gasteiger partial charge in [0.05, 0.1) is 6.04 Å². The van der Waals surface area contributed by atoms with Crippen molar-refractivity contribution in [3.05, 3.63) is 34.0 Å². The van der Waals surface area contributed by atoms with E-state index in [0.29, 0.717) is 6.04 Å². The van der Waals surface area contributed by atoms with Crippen LogP contribution >= 0.6 is 0 Å². The molecule has 1 aromatic carbocycles. The van der Waals surface area contributed by atoms with Gasteiger partial charge >= 0.3 is 0 Å². The first-order valence-electron chi connectivity index (χ1n) is 6.32. The van der Waals surface area contributed by atoms with Crippen molar-refractivity contribution in [2.45, 2.75) is 47.1 Å². The molecule has 0 radical (unpaired) electrons. The molecule has 0 amide bonds. The highest BCUT2D eigenvalue weighted by atomic mass is 14.7. The predicted octanol–water partition coefficient (Wildman–Crippen LogP) is 2.57. The first-order chi connectivity index (χ1) is 7.93. The maximum Gasteiger partial charge on any atom is 0.0856 e. The Balaban J connectivity index is 2.76. The number of hydrogen-bond donors (Lipinski definition) is 2. The summed E-state index contributed by atoms with van der Waals surface area (Å²) in [6.45, 7) is 11.0. The van der Waals surface area contributed by atoms with E-state index in [1.54, 1.807) is 0 Å². The summed E-state index contributed by atoms with van der Waals surface area (Å²) in [6, 6.07) is 0.454. The number of benzene rings is 1. The maximum absolute atomic E-state index is 4.10. The van der Waals surface area contributed by atoms with Gasteiger partial charge in [-0.2, -0.15) is 0 Å². The lowest BCUT2D eigenvalue weighted by atomic mass is 9.93. The third-order valence-electron chi connectivity index (χ3n) is 3.97. The van der Waals surface area contributed by atoms with Crippen LogP contribution in [0.3, 0.4) is 0 Å². The van der Waals surface area contributed by atoms with Crippen LogP contribution in [0.25, 0.3) is 10.9 Å². The highest BCUT2D eigenvalue weighted by Gasteiger charge is 2.15. The summed E-state index contributed by atoms with van der Waals surface area (Å²) in [5.41, 5.74) is 12.4. The van der Waals surface area contributed by atoms with Crippen LogP contribution in [-0.4, -0.2) is 11.0 Å². The molecule has 2 rings (SSSR count). The smallest absolute Gasteiger partial charge is 0.0856 e. The average molecular weight is 231 g/mol. The zero-order valence-electron chi connectivity index (χ0n) is 11.6. The summed E-state index contributed by atoms with van der Waals surface area (Å²) in [4.78, 5) is 3.44. The maximum atomic E-state index is 4.10. The molecule has 0 fully saturated rings. The number of rotatable bonds is 2. The van der Waals surface area contributed by atoms with E-state index in [1.807, 2.05) is 0 Å². The summed E-state index contributed by atoms with van der Waals surface area (Å²) in [5, 5.41) is 1.42. The van der Waals surface area contributed by atoms with Crippen LogP contribution in [0.4, 0.5) is 0 Å². The Kier molecular flexibility index (Phi) is 3.00. The van der Waals surface area contributed by atoms with Crippen LogP contribution in [0.2, 0.25) is 0 Å². The minimum absolute atomic E-state index is 0.454. The van der Waals surface area contributed by atoms with Crippen LogP contribution in [0.15, 0.2) is 6.20 Å². The van der Waals surface area contributed by atoms with Crippen LogP contribution in [-0.2, 0) is 6.42 Å². The molecule has 1 atom stereocenters. The summed E-state index contributed by atoms with van der Waals surface area (Å²) in [6.07, 6.45) is 3.20. The lowest BCUT2D eigenvalue weighted by Gasteiger charge is -2.12. The first kappa shape index (κ1) is 12.2. The number of hydrogen-bond acceptors (Lipinski definition) is 0. The van der Waals surface area contributed by atoms with Crippen LogP contribution < -0.4 is 5.73 Å². The van der Waals surface area contributed by atoms with Crippen molar-refractivity contribution in [3.63, 3.8) is 0 Å². The molecule has 0 spiro atoms. The monoisotopic (exact) mass is 231 g/mol. The Morgan fingerprint density at radius 2 is 1.65 bits per heavy atom. The standard InChI is InChI=1S/C15H22N2/c1-8(16)6-13-7-17-15-12(5)10(3)9(2)11(4)14(13)15/h7-8,17H,6,16H2,1-5H3/p+1/t8-/m1/s1. The molecule has 4 N–H and O–H groups in total. The van der Waals surface area contributed by atoms with Crippen molar-refractivity contribution in [1.29, 1.82) is 0 Å². The van der Waals surface area contributed by atoms with Crippen LogP contribution in [0, 0.1) is 27.7 Å². The predicted molar refractivity (Wildman–Crippen MR) is 73.3 cm³/mol. The van der Waals surface area contributed by atoms with Crippen LogP contribution in [0.5, 0.6) is 0 Å². The number of nitrogens with one attached hydrogen (secondary N) is 1. The molecule has 0 aliphatic rings. The van der Waals surface area contributed by atoms with Gasteiger partial charge in [0.15, 0.2) is 0 Å². The largest absolute Gasteiger partial charge is 0.361 e. The number of aromatic nitrogens is 1. The molecular weight excluding hydrogens is 208 g/mol. The Morgan fingerprint density at radius 1 is 1.06 bits per heavy atom. The molecule has 2 heteroatoms. The Morgan fingerprint density at radius 3 is 2.24 bits per heavy atom. The second kappa shape index (κ2) is 4.19. The molecular formula is C15H23N2+. The van der Waals surface area contributed by atoms with Crippen molar-refractivity contribution >= 4 is 10.9 Å². The zero-order chi connectivity index (χ0) is 12.7. The Labute approximate surface area is 103 Å². The second-order valence-electron chi connectivity index (χ2n) is 5.37. The molecule has 0 aliphatic carbocycles. The van der Waals surface area contributed by atoms with Crippen molar-refractivity contribution in [3.8, 4) is 0 Å². The fraction of sp³-hybridized carbons (Fsp3) is 0.467. The van der Waals surface area contributed by atoms with E-state index in [1.165, 1.54) is 38.7 Å². The fourth-order valence-corrected chi connectivity index (χ4v) is 2.66. The van der Waals surface area contributed by atoms with Crippen molar-refractivity contribution in [2.24, 2.45) is 0 Å². The van der Waals surface area contributed by atoms with Gasteiger partial charge < -0.3 is 10.7 Å². The van der Waals surface area contributed by atoms with E-state index in [-0.39, 0.29) is 0 Å². The van der Waals surface area contributed by atoms with E-state index in [2.05, 4.69) is 51.5 Å². The van der Waals surface area contributed by atoms with E-state index in [0.717, 1.165) is 6.42 Å². The average Bonchev–Trinajstić information content (AvgIpc) is 2.66. The molecule has 0 unspecified atom stereocenters. The zero-order valence-corrected chi connectivity index (χ0v) is 11.6. The summed E-state index contributed by atoms with van der Waals surface area (Å²) < 4.78 is 0. The lowest BCUT2D eigenvalue weighted by molar-refractivity contribution is -0.413. The normalized spacial score (nSPS) is 13.3. The summed E-state index contributed by atoms with van der Waals surface area (Å²) >= 11 is 0. The van der Waals surface area contributed by atoms with Crippen LogP contribution in [0.1, 0.15) is 34.7 Å².